The second-order valence-electron chi connectivity index (χ2n) is 13.7. The van der Waals surface area contributed by atoms with Crippen LogP contribution in [0.5, 0.6) is 5.75 Å². The summed E-state index contributed by atoms with van der Waals surface area (Å²) in [7, 11) is 2.52. The van der Waals surface area contributed by atoms with Crippen LogP contribution in [0, 0.1) is 18.3 Å². The number of hydrogen-bond donors (Lipinski definition) is 2. The van der Waals surface area contributed by atoms with E-state index >= 15 is 0 Å². The first kappa shape index (κ1) is 35.7. The Morgan fingerprint density at radius 3 is 2.57 bits per heavy atom. The van der Waals surface area contributed by atoms with Crippen LogP contribution in [0.1, 0.15) is 86.7 Å². The van der Waals surface area contributed by atoms with Crippen molar-refractivity contribution < 1.29 is 42.9 Å². The van der Waals surface area contributed by atoms with Gasteiger partial charge in [-0.1, -0.05) is 37.0 Å². The molecule has 1 aromatic heterocycles. The van der Waals surface area contributed by atoms with Gasteiger partial charge in [-0.15, -0.1) is 6.42 Å². The van der Waals surface area contributed by atoms with E-state index in [1.165, 1.54) is 25.2 Å². The molecule has 3 fully saturated rings. The summed E-state index contributed by atoms with van der Waals surface area (Å²) in [6.07, 6.45) is 15.5. The van der Waals surface area contributed by atoms with Crippen LogP contribution in [0.3, 0.4) is 0 Å². The number of pyridine rings is 1. The van der Waals surface area contributed by atoms with Crippen molar-refractivity contribution in [2.24, 2.45) is 5.92 Å². The number of alkyl carbamates (subject to hydrolysis) is 1. The molecule has 13 heteroatoms. The summed E-state index contributed by atoms with van der Waals surface area (Å²) >= 11 is 0. The second-order valence-corrected chi connectivity index (χ2v) is 13.7. The van der Waals surface area contributed by atoms with Gasteiger partial charge in [-0.2, -0.15) is 0 Å². The van der Waals surface area contributed by atoms with Gasteiger partial charge in [-0.3, -0.25) is 9.59 Å². The van der Waals surface area contributed by atoms with Crippen molar-refractivity contribution in [3.8, 4) is 18.1 Å². The predicted octanol–water partition coefficient (Wildman–Crippen LogP) is 3.96. The highest BCUT2D eigenvalue weighted by Gasteiger charge is 2.62. The Hall–Kier alpha value is -5.12. The molecule has 51 heavy (non-hydrogen) atoms. The molecule has 6 rings (SSSR count). The van der Waals surface area contributed by atoms with Crippen molar-refractivity contribution in [2.75, 3.05) is 20.8 Å². The van der Waals surface area contributed by atoms with Crippen LogP contribution in [0.4, 0.5) is 4.79 Å². The summed E-state index contributed by atoms with van der Waals surface area (Å²) in [6.45, 7) is -0.0203. The molecule has 5 atom stereocenters. The quantitative estimate of drug-likeness (QED) is 0.195. The first-order valence-corrected chi connectivity index (χ1v) is 17.7. The van der Waals surface area contributed by atoms with E-state index in [4.69, 9.17) is 25.4 Å². The molecule has 270 valence electrons. The van der Waals surface area contributed by atoms with Crippen molar-refractivity contribution in [1.82, 2.24) is 20.5 Å². The van der Waals surface area contributed by atoms with Crippen molar-refractivity contribution >= 4 is 40.7 Å². The Balaban J connectivity index is 1.33. The summed E-state index contributed by atoms with van der Waals surface area (Å²) in [5, 5.41) is 6.26. The van der Waals surface area contributed by atoms with E-state index in [0.29, 0.717) is 35.7 Å². The maximum absolute atomic E-state index is 14.4. The number of terminal acetylenes is 1. The van der Waals surface area contributed by atoms with E-state index in [9.17, 15) is 24.0 Å². The highest BCUT2D eigenvalue weighted by molar-refractivity contribution is 5.97. The van der Waals surface area contributed by atoms with Gasteiger partial charge in [-0.25, -0.2) is 19.4 Å². The van der Waals surface area contributed by atoms with Crippen LogP contribution < -0.4 is 15.4 Å². The third-order valence-electron chi connectivity index (χ3n) is 10.3. The van der Waals surface area contributed by atoms with Gasteiger partial charge < -0.3 is 34.5 Å². The predicted molar refractivity (Wildman–Crippen MR) is 184 cm³/mol. The molecule has 0 radical (unpaired) electrons. The number of ether oxygens (including phenoxy) is 4. The summed E-state index contributed by atoms with van der Waals surface area (Å²) in [5.74, 6) is 0.354. The molecule has 4 aliphatic rings. The number of aromatic nitrogens is 1. The van der Waals surface area contributed by atoms with Gasteiger partial charge >= 0.3 is 18.0 Å². The highest BCUT2D eigenvalue weighted by Crippen LogP contribution is 2.46. The molecule has 1 aromatic carbocycles. The van der Waals surface area contributed by atoms with Crippen LogP contribution in [0.15, 0.2) is 36.4 Å². The molecule has 2 aliphatic carbocycles. The first-order chi connectivity index (χ1) is 24.7. The zero-order valence-corrected chi connectivity index (χ0v) is 29.0. The lowest BCUT2D eigenvalue weighted by atomic mass is 10.0. The number of para-hydroxylation sites is 1. The topological polar surface area (TPSA) is 162 Å². The fourth-order valence-electron chi connectivity index (χ4n) is 7.47. The maximum Gasteiger partial charge on any atom is 0.408 e. The van der Waals surface area contributed by atoms with Crippen molar-refractivity contribution in [2.45, 2.75) is 100 Å². The Bertz CT molecular complexity index is 1760. The van der Waals surface area contributed by atoms with Gasteiger partial charge in [0.1, 0.15) is 35.6 Å². The van der Waals surface area contributed by atoms with Crippen molar-refractivity contribution in [3.05, 3.63) is 47.7 Å². The largest absolute Gasteiger partial charge is 0.488 e. The molecule has 2 N–H and O–H groups in total. The lowest BCUT2D eigenvalue weighted by Crippen LogP contribution is -2.56. The molecule has 3 heterocycles. The molecule has 2 aliphatic heterocycles. The third kappa shape index (κ3) is 7.65. The van der Waals surface area contributed by atoms with E-state index < -0.39 is 53.6 Å². The average Bonchev–Trinajstić information content (AvgIpc) is 3.41. The minimum atomic E-state index is -1.25. The monoisotopic (exact) mass is 700 g/mol. The molecule has 2 saturated carbocycles. The van der Waals surface area contributed by atoms with Gasteiger partial charge in [0.15, 0.2) is 5.69 Å². The number of allylic oxidation sites excluding steroid dienone is 1. The molecule has 0 bridgehead atoms. The van der Waals surface area contributed by atoms with Crippen molar-refractivity contribution in [3.63, 3.8) is 0 Å². The Morgan fingerprint density at radius 2 is 1.82 bits per heavy atom. The number of amides is 3. The lowest BCUT2D eigenvalue weighted by Gasteiger charge is -2.29. The van der Waals surface area contributed by atoms with Gasteiger partial charge in [0, 0.05) is 23.8 Å². The van der Waals surface area contributed by atoms with E-state index in [1.54, 1.807) is 18.2 Å². The summed E-state index contributed by atoms with van der Waals surface area (Å²) in [6, 6.07) is 4.63. The van der Waals surface area contributed by atoms with Crippen molar-refractivity contribution in [1.29, 1.82) is 0 Å². The number of esters is 2. The van der Waals surface area contributed by atoms with E-state index in [-0.39, 0.29) is 36.4 Å². The maximum atomic E-state index is 14.4. The number of hydrogen-bond acceptors (Lipinski definition) is 10. The normalized spacial score (nSPS) is 26.8. The SMILES string of the molecule is C#Cc1cccc2c(O[C@@H]3C[C@H]4C(=O)N[C@]5(C(=O)OC)CC5C=CCCCCC[C@H](NC(=O)OC5CCCC5)C(=O)N4C3)cc(C(=O)OC)nc12. The molecule has 3 amide bonds. The molecule has 1 saturated heterocycles. The van der Waals surface area contributed by atoms with Gasteiger partial charge in [0.05, 0.1) is 31.8 Å². The highest BCUT2D eigenvalue weighted by atomic mass is 16.6. The summed E-state index contributed by atoms with van der Waals surface area (Å²) < 4.78 is 22.2. The minimum Gasteiger partial charge on any atom is -0.488 e. The van der Waals surface area contributed by atoms with Crippen LogP contribution >= 0.6 is 0 Å². The van der Waals surface area contributed by atoms with Gasteiger partial charge in [0.25, 0.3) is 0 Å². The molecular formula is C38H44N4O9. The van der Waals surface area contributed by atoms with Crippen LogP contribution in [0.2, 0.25) is 0 Å². The first-order valence-electron chi connectivity index (χ1n) is 17.7. The van der Waals surface area contributed by atoms with Gasteiger partial charge in [0.2, 0.25) is 11.8 Å². The number of methoxy groups -OCH3 is 2. The number of carbonyl (C=O) groups is 5. The van der Waals surface area contributed by atoms with E-state index in [1.807, 2.05) is 12.2 Å². The number of rotatable bonds is 6. The number of carbonyl (C=O) groups excluding carboxylic acids is 5. The number of fused-ring (bicyclic) bond motifs is 3. The van der Waals surface area contributed by atoms with E-state index in [0.717, 1.165) is 44.9 Å². The second kappa shape index (κ2) is 15.4. The summed E-state index contributed by atoms with van der Waals surface area (Å²) in [4.78, 5) is 73.2. The van der Waals surface area contributed by atoms with Crippen LogP contribution in [-0.4, -0.2) is 90.3 Å². The fourth-order valence-corrected chi connectivity index (χ4v) is 7.47. The Kier molecular flexibility index (Phi) is 10.8. The molecule has 13 nitrogen and oxygen atoms in total. The Labute approximate surface area is 296 Å². The standard InChI is InChI=1S/C38H44N4O9/c1-4-23-13-12-17-27-31(20-29(35(45)48-2)39-32(23)27)50-26-19-30-33(43)41-38(36(46)49-3)21-24(38)14-8-6-5-7-9-18-28(34(44)42(30)22-26)40-37(47)51-25-15-10-11-16-25/h1,8,12-14,17,20,24-26,28,30H,5-7,9-11,15-16,18-19,21-22H2,2-3H3,(H,40,47)(H,41,43)/t24?,26-,28+,30+,38-/m1/s1. The van der Waals surface area contributed by atoms with Gasteiger partial charge in [-0.05, 0) is 63.5 Å². The number of benzene rings is 1. The average molecular weight is 701 g/mol. The molecule has 0 spiro atoms. The van der Waals surface area contributed by atoms with Crippen LogP contribution in [0.25, 0.3) is 10.9 Å². The third-order valence-corrected chi connectivity index (χ3v) is 10.3. The van der Waals surface area contributed by atoms with E-state index in [2.05, 4.69) is 21.5 Å². The zero-order valence-electron chi connectivity index (χ0n) is 29.0. The lowest BCUT2D eigenvalue weighted by molar-refractivity contribution is -0.148. The number of nitrogens with one attached hydrogen (secondary N) is 2. The van der Waals surface area contributed by atoms with Crippen LogP contribution in [-0.2, 0) is 28.6 Å². The molecule has 1 unspecified atom stereocenters. The molecular weight excluding hydrogens is 656 g/mol. The number of nitrogens with zero attached hydrogens (tertiary/aromatic N) is 2. The minimum absolute atomic E-state index is 0.0203. The summed E-state index contributed by atoms with van der Waals surface area (Å²) in [5.41, 5.74) is -0.475. The zero-order chi connectivity index (χ0) is 36.1. The Morgan fingerprint density at radius 1 is 1.04 bits per heavy atom. The molecule has 2 aromatic rings. The fraction of sp³-hybridized carbons (Fsp3) is 0.526. The smallest absolute Gasteiger partial charge is 0.408 e.